The second kappa shape index (κ2) is 9.75. The van der Waals surface area contributed by atoms with Gasteiger partial charge in [0, 0.05) is 31.0 Å². The van der Waals surface area contributed by atoms with Crippen LogP contribution in [0.4, 0.5) is 0 Å². The second-order valence-electron chi connectivity index (χ2n) is 10.4. The van der Waals surface area contributed by atoms with Crippen molar-refractivity contribution in [3.05, 3.63) is 40.8 Å². The summed E-state index contributed by atoms with van der Waals surface area (Å²) in [6.45, 7) is 9.63. The lowest BCUT2D eigenvalue weighted by atomic mass is 9.80. The zero-order valence-electron chi connectivity index (χ0n) is 20.6. The second-order valence-corrected chi connectivity index (χ2v) is 10.4. The number of carbonyl (C=O) groups excluding carboxylic acids is 1. The molecule has 2 aliphatic rings. The maximum absolute atomic E-state index is 13.3. The van der Waals surface area contributed by atoms with Crippen LogP contribution in [0.2, 0.25) is 0 Å². The Morgan fingerprint density at radius 2 is 1.88 bits per heavy atom. The third-order valence-corrected chi connectivity index (χ3v) is 7.04. The Balaban J connectivity index is 1.41. The molecule has 33 heavy (non-hydrogen) atoms. The lowest BCUT2D eigenvalue weighted by Gasteiger charge is -2.35. The van der Waals surface area contributed by atoms with Crippen LogP contribution in [0, 0.1) is 11.8 Å². The summed E-state index contributed by atoms with van der Waals surface area (Å²) in [4.78, 5) is 15.3. The van der Waals surface area contributed by atoms with E-state index in [1.54, 1.807) is 14.2 Å². The maximum atomic E-state index is 13.3. The van der Waals surface area contributed by atoms with E-state index in [2.05, 4.69) is 37.3 Å². The van der Waals surface area contributed by atoms with Gasteiger partial charge < -0.3 is 24.2 Å². The lowest BCUT2D eigenvalue weighted by Crippen LogP contribution is -2.42. The van der Waals surface area contributed by atoms with Crippen LogP contribution in [0.15, 0.2) is 22.7 Å². The molecule has 0 saturated carbocycles. The molecule has 2 aliphatic heterocycles. The number of carbonyl (C=O) groups is 1. The summed E-state index contributed by atoms with van der Waals surface area (Å²) in [7, 11) is 3.30. The van der Waals surface area contributed by atoms with E-state index in [0.717, 1.165) is 61.7 Å². The number of amides is 1. The summed E-state index contributed by atoms with van der Waals surface area (Å²) in [5.74, 6) is 3.33. The summed E-state index contributed by atoms with van der Waals surface area (Å²) in [5, 5.41) is 7.82. The van der Waals surface area contributed by atoms with Crippen LogP contribution in [0.3, 0.4) is 0 Å². The van der Waals surface area contributed by atoms with Crippen molar-refractivity contribution in [2.75, 3.05) is 33.9 Å². The molecule has 0 radical (unpaired) electrons. The normalized spacial score (nSPS) is 20.9. The van der Waals surface area contributed by atoms with Gasteiger partial charge in [-0.1, -0.05) is 25.9 Å². The number of nitrogens with one attached hydrogen (secondary N) is 1. The van der Waals surface area contributed by atoms with Crippen molar-refractivity contribution < 1.29 is 18.8 Å². The van der Waals surface area contributed by atoms with Gasteiger partial charge in [-0.05, 0) is 67.4 Å². The van der Waals surface area contributed by atoms with Gasteiger partial charge >= 0.3 is 0 Å². The van der Waals surface area contributed by atoms with Crippen molar-refractivity contribution in [3.8, 4) is 11.5 Å². The third kappa shape index (κ3) is 5.35. The molecule has 1 aromatic carbocycles. The molecule has 1 saturated heterocycles. The van der Waals surface area contributed by atoms with E-state index < -0.39 is 0 Å². The third-order valence-electron chi connectivity index (χ3n) is 7.04. The number of rotatable bonds is 6. The van der Waals surface area contributed by atoms with E-state index in [9.17, 15) is 4.79 Å². The van der Waals surface area contributed by atoms with Crippen LogP contribution >= 0.6 is 0 Å². The molecule has 2 aromatic rings. The molecule has 0 aliphatic carbocycles. The molecule has 1 N–H and O–H groups in total. The summed E-state index contributed by atoms with van der Waals surface area (Å²) in [6.07, 6.45) is 3.27. The van der Waals surface area contributed by atoms with Crippen LogP contribution in [0.25, 0.3) is 0 Å². The number of hydrogen-bond acceptors (Lipinski definition) is 6. The number of hydrogen-bond donors (Lipinski definition) is 1. The highest BCUT2D eigenvalue weighted by atomic mass is 16.5. The first kappa shape index (κ1) is 23.6. The van der Waals surface area contributed by atoms with E-state index in [-0.39, 0.29) is 11.3 Å². The molecular weight excluding hydrogens is 418 g/mol. The van der Waals surface area contributed by atoms with Gasteiger partial charge in [0.25, 0.3) is 0 Å². The van der Waals surface area contributed by atoms with Crippen molar-refractivity contribution in [3.63, 3.8) is 0 Å². The van der Waals surface area contributed by atoms with Crippen molar-refractivity contribution in [1.82, 2.24) is 15.4 Å². The molecule has 7 heteroatoms. The largest absolute Gasteiger partial charge is 0.493 e. The summed E-state index contributed by atoms with van der Waals surface area (Å²) in [5.41, 5.74) is 3.31. The van der Waals surface area contributed by atoms with Crippen LogP contribution in [0.1, 0.15) is 56.2 Å². The average Bonchev–Trinajstić information content (AvgIpc) is 3.28. The number of benzene rings is 1. The zero-order chi connectivity index (χ0) is 23.6. The molecule has 4 rings (SSSR count). The summed E-state index contributed by atoms with van der Waals surface area (Å²) in [6, 6.07) is 6.14. The van der Waals surface area contributed by atoms with E-state index in [1.165, 1.54) is 5.56 Å². The number of fused-ring (bicyclic) bond motifs is 1. The Morgan fingerprint density at radius 1 is 1.15 bits per heavy atom. The van der Waals surface area contributed by atoms with E-state index in [4.69, 9.17) is 14.0 Å². The molecule has 3 heterocycles. The number of aromatic nitrogens is 1. The first-order valence-corrected chi connectivity index (χ1v) is 12.0. The molecule has 1 fully saturated rings. The van der Waals surface area contributed by atoms with Crippen LogP contribution in [0.5, 0.6) is 11.5 Å². The minimum Gasteiger partial charge on any atom is -0.493 e. The SMILES string of the molecule is COc1cc2c(cc1OC)CN(C(=O)C[C@@H]1CCNC[C@@H]1Cc1cc(C(C)(C)C)on1)CC2. The lowest BCUT2D eigenvalue weighted by molar-refractivity contribution is -0.133. The smallest absolute Gasteiger partial charge is 0.223 e. The topological polar surface area (TPSA) is 76.8 Å². The van der Waals surface area contributed by atoms with Crippen LogP contribution in [-0.2, 0) is 29.6 Å². The minimum atomic E-state index is -0.0529. The molecule has 0 unspecified atom stereocenters. The molecule has 0 spiro atoms. The quantitative estimate of drug-likeness (QED) is 0.715. The van der Waals surface area contributed by atoms with Crippen molar-refractivity contribution in [2.45, 2.75) is 58.4 Å². The average molecular weight is 456 g/mol. The molecule has 1 amide bonds. The fraction of sp³-hybridized carbons (Fsp3) is 0.615. The molecule has 1 aromatic heterocycles. The molecule has 2 atom stereocenters. The standard InChI is InChI=1S/C26H37N3O4/c1-26(2,3)24-14-21(28-33-24)10-19-15-27-8-6-17(19)13-25(30)29-9-7-18-11-22(31-4)23(32-5)12-20(18)16-29/h11-12,14,17,19,27H,6-10,13,15-16H2,1-5H3/t17-,19-/m0/s1. The maximum Gasteiger partial charge on any atom is 0.223 e. The fourth-order valence-corrected chi connectivity index (χ4v) is 4.96. The summed E-state index contributed by atoms with van der Waals surface area (Å²) < 4.78 is 16.5. The van der Waals surface area contributed by atoms with Crippen LogP contribution < -0.4 is 14.8 Å². The highest BCUT2D eigenvalue weighted by Crippen LogP contribution is 2.34. The van der Waals surface area contributed by atoms with Gasteiger partial charge in [-0.25, -0.2) is 0 Å². The van der Waals surface area contributed by atoms with Crippen molar-refractivity contribution >= 4 is 5.91 Å². The van der Waals surface area contributed by atoms with Crippen LogP contribution in [-0.4, -0.2) is 49.8 Å². The zero-order valence-corrected chi connectivity index (χ0v) is 20.6. The van der Waals surface area contributed by atoms with E-state index in [1.807, 2.05) is 17.0 Å². The van der Waals surface area contributed by atoms with Gasteiger partial charge in [-0.2, -0.15) is 0 Å². The van der Waals surface area contributed by atoms with E-state index >= 15 is 0 Å². The Labute approximate surface area is 196 Å². The van der Waals surface area contributed by atoms with Gasteiger partial charge in [0.1, 0.15) is 5.76 Å². The Hall–Kier alpha value is -2.54. The van der Waals surface area contributed by atoms with Gasteiger partial charge in [0.05, 0.1) is 19.9 Å². The van der Waals surface area contributed by atoms with Crippen molar-refractivity contribution in [1.29, 1.82) is 0 Å². The Kier molecular flexibility index (Phi) is 6.98. The van der Waals surface area contributed by atoms with Crippen molar-refractivity contribution in [2.24, 2.45) is 11.8 Å². The van der Waals surface area contributed by atoms with Gasteiger partial charge in [0.2, 0.25) is 5.91 Å². The van der Waals surface area contributed by atoms with Gasteiger partial charge in [-0.15, -0.1) is 0 Å². The van der Waals surface area contributed by atoms with Gasteiger partial charge in [0.15, 0.2) is 11.5 Å². The predicted octanol–water partition coefficient (Wildman–Crippen LogP) is 3.73. The molecular formula is C26H37N3O4. The predicted molar refractivity (Wildman–Crippen MR) is 127 cm³/mol. The van der Waals surface area contributed by atoms with Gasteiger partial charge in [-0.3, -0.25) is 4.79 Å². The minimum absolute atomic E-state index is 0.0529. The number of piperidine rings is 1. The highest BCUT2D eigenvalue weighted by molar-refractivity contribution is 5.77. The first-order chi connectivity index (χ1) is 15.8. The summed E-state index contributed by atoms with van der Waals surface area (Å²) >= 11 is 0. The molecule has 180 valence electrons. The molecule has 0 bridgehead atoms. The Bertz CT molecular complexity index is 978. The molecule has 7 nitrogen and oxygen atoms in total. The van der Waals surface area contributed by atoms with E-state index in [0.29, 0.717) is 30.6 Å². The highest BCUT2D eigenvalue weighted by Gasteiger charge is 2.31. The first-order valence-electron chi connectivity index (χ1n) is 12.0. The number of methoxy groups -OCH3 is 2. The number of ether oxygens (including phenoxy) is 2. The Morgan fingerprint density at radius 3 is 2.55 bits per heavy atom. The fourth-order valence-electron chi connectivity index (χ4n) is 4.96. The number of nitrogens with zero attached hydrogens (tertiary/aromatic N) is 2. The monoisotopic (exact) mass is 455 g/mol.